The molecule has 2 aromatic heterocycles. The topological polar surface area (TPSA) is 9.86 Å². The van der Waals surface area contributed by atoms with Gasteiger partial charge in [-0.15, -0.1) is 0 Å². The van der Waals surface area contributed by atoms with E-state index in [-0.39, 0.29) is 0 Å². The zero-order valence-corrected chi connectivity index (χ0v) is 22.9. The van der Waals surface area contributed by atoms with Crippen LogP contribution in [0.5, 0.6) is 0 Å². The van der Waals surface area contributed by atoms with E-state index in [1.54, 1.807) is 0 Å². The molecule has 0 spiro atoms. The van der Waals surface area contributed by atoms with E-state index in [0.29, 0.717) is 0 Å². The molecule has 2 heteroatoms. The van der Waals surface area contributed by atoms with Crippen molar-refractivity contribution in [3.8, 4) is 22.5 Å². The Hall–Kier alpha value is -5.60. The quantitative estimate of drug-likeness (QED) is 0.213. The van der Waals surface area contributed by atoms with Crippen LogP contribution in [0, 0.1) is 0 Å². The summed E-state index contributed by atoms with van der Waals surface area (Å²) in [6.07, 6.45) is 0. The van der Waals surface area contributed by atoms with Gasteiger partial charge in [0.1, 0.15) is 0 Å². The largest absolute Gasteiger partial charge is 0.309 e. The monoisotopic (exact) mass is 534 g/mol. The smallest absolute Gasteiger partial charge is 0.0547 e. The lowest BCUT2D eigenvalue weighted by molar-refractivity contribution is 1.18. The highest BCUT2D eigenvalue weighted by Gasteiger charge is 2.18. The molecular formula is C40H26N2. The van der Waals surface area contributed by atoms with Crippen LogP contribution in [0.3, 0.4) is 0 Å². The van der Waals surface area contributed by atoms with Gasteiger partial charge in [0.05, 0.1) is 27.8 Å². The zero-order valence-electron chi connectivity index (χ0n) is 22.9. The summed E-state index contributed by atoms with van der Waals surface area (Å²) >= 11 is 0. The van der Waals surface area contributed by atoms with Gasteiger partial charge in [0.2, 0.25) is 0 Å². The predicted molar refractivity (Wildman–Crippen MR) is 178 cm³/mol. The number of hydrogen-bond donors (Lipinski definition) is 0. The van der Waals surface area contributed by atoms with Crippen molar-refractivity contribution >= 4 is 54.4 Å². The average molecular weight is 535 g/mol. The fourth-order valence-corrected chi connectivity index (χ4v) is 6.92. The molecule has 0 amide bonds. The first-order chi connectivity index (χ1) is 20.9. The van der Waals surface area contributed by atoms with E-state index in [1.807, 2.05) is 0 Å². The number of fused-ring (bicyclic) bond motifs is 7. The first kappa shape index (κ1) is 23.1. The fraction of sp³-hybridized carbons (Fsp3) is 0. The average Bonchev–Trinajstić information content (AvgIpc) is 3.57. The third kappa shape index (κ3) is 3.27. The second-order valence-electron chi connectivity index (χ2n) is 11.0. The van der Waals surface area contributed by atoms with Crippen molar-refractivity contribution in [3.63, 3.8) is 0 Å². The van der Waals surface area contributed by atoms with Crippen LogP contribution < -0.4 is 0 Å². The van der Waals surface area contributed by atoms with Crippen LogP contribution >= 0.6 is 0 Å². The molecule has 0 aliphatic carbocycles. The van der Waals surface area contributed by atoms with Gasteiger partial charge in [-0.3, -0.25) is 0 Å². The Morgan fingerprint density at radius 3 is 1.83 bits per heavy atom. The van der Waals surface area contributed by atoms with Crippen LogP contribution in [0.1, 0.15) is 0 Å². The summed E-state index contributed by atoms with van der Waals surface area (Å²) < 4.78 is 4.82. The summed E-state index contributed by atoms with van der Waals surface area (Å²) in [6, 6.07) is 57.2. The van der Waals surface area contributed by atoms with Crippen molar-refractivity contribution in [3.05, 3.63) is 158 Å². The molecule has 9 aromatic rings. The van der Waals surface area contributed by atoms with Crippen LogP contribution in [-0.2, 0) is 0 Å². The molecular weight excluding hydrogens is 508 g/mol. The number of rotatable bonds is 3. The van der Waals surface area contributed by atoms with Crippen molar-refractivity contribution in [2.75, 3.05) is 0 Å². The van der Waals surface area contributed by atoms with Crippen LogP contribution in [0.2, 0.25) is 0 Å². The Morgan fingerprint density at radius 1 is 0.357 bits per heavy atom. The number of nitrogens with zero attached hydrogens (tertiary/aromatic N) is 2. The van der Waals surface area contributed by atoms with Gasteiger partial charge in [-0.1, -0.05) is 109 Å². The van der Waals surface area contributed by atoms with Gasteiger partial charge in [0.25, 0.3) is 0 Å². The van der Waals surface area contributed by atoms with E-state index in [1.165, 1.54) is 76.9 Å². The molecule has 9 rings (SSSR count). The first-order valence-electron chi connectivity index (χ1n) is 14.5. The molecule has 0 radical (unpaired) electrons. The lowest BCUT2D eigenvalue weighted by atomic mass is 9.98. The number of aromatic nitrogens is 2. The molecule has 0 atom stereocenters. The molecule has 0 aliphatic heterocycles. The van der Waals surface area contributed by atoms with E-state index >= 15 is 0 Å². The summed E-state index contributed by atoms with van der Waals surface area (Å²) in [5.74, 6) is 0. The van der Waals surface area contributed by atoms with Crippen molar-refractivity contribution in [1.29, 1.82) is 0 Å². The van der Waals surface area contributed by atoms with Crippen molar-refractivity contribution < 1.29 is 0 Å². The molecule has 2 heterocycles. The van der Waals surface area contributed by atoms with Gasteiger partial charge in [0.15, 0.2) is 0 Å². The molecule has 0 unspecified atom stereocenters. The highest BCUT2D eigenvalue weighted by molar-refractivity contribution is 6.18. The highest BCUT2D eigenvalue weighted by atomic mass is 15.0. The fourth-order valence-electron chi connectivity index (χ4n) is 6.92. The van der Waals surface area contributed by atoms with Crippen molar-refractivity contribution in [2.45, 2.75) is 0 Å². The summed E-state index contributed by atoms with van der Waals surface area (Å²) in [7, 11) is 0. The van der Waals surface area contributed by atoms with Crippen LogP contribution in [0.4, 0.5) is 0 Å². The van der Waals surface area contributed by atoms with Gasteiger partial charge in [-0.05, 0) is 65.0 Å². The molecule has 196 valence electrons. The Morgan fingerprint density at radius 2 is 0.976 bits per heavy atom. The maximum atomic E-state index is 2.44. The van der Waals surface area contributed by atoms with E-state index < -0.39 is 0 Å². The van der Waals surface area contributed by atoms with Gasteiger partial charge in [-0.25, -0.2) is 0 Å². The van der Waals surface area contributed by atoms with Gasteiger partial charge in [0, 0.05) is 32.6 Å². The minimum absolute atomic E-state index is 1.18. The van der Waals surface area contributed by atoms with Crippen LogP contribution in [0.15, 0.2) is 158 Å². The lowest BCUT2D eigenvalue weighted by Crippen LogP contribution is -1.95. The molecule has 0 N–H and O–H groups in total. The minimum atomic E-state index is 1.18. The maximum Gasteiger partial charge on any atom is 0.0547 e. The minimum Gasteiger partial charge on any atom is -0.309 e. The second-order valence-corrected chi connectivity index (χ2v) is 11.0. The highest BCUT2D eigenvalue weighted by Crippen LogP contribution is 2.41. The number of hydrogen-bond acceptors (Lipinski definition) is 0. The number of benzene rings is 7. The van der Waals surface area contributed by atoms with Gasteiger partial charge >= 0.3 is 0 Å². The summed E-state index contributed by atoms with van der Waals surface area (Å²) in [5, 5.41) is 7.58. The van der Waals surface area contributed by atoms with Crippen molar-refractivity contribution in [2.24, 2.45) is 0 Å². The molecule has 0 aliphatic rings. The van der Waals surface area contributed by atoms with Gasteiger partial charge < -0.3 is 9.13 Å². The molecule has 42 heavy (non-hydrogen) atoms. The first-order valence-corrected chi connectivity index (χ1v) is 14.5. The SMILES string of the molecule is c1ccc(-n2c3ccccc3c3cc(-c4cccc5c4c4ccccc4n5-c4cccc5ccccc45)ccc32)cc1. The third-order valence-corrected chi connectivity index (χ3v) is 8.70. The standard InChI is InChI=1S/C40H26N2/c1-2-14-29(15-3-1)41-36-20-8-6-17-32(36)34-26-28(24-25-38(34)41)31-19-11-23-39-40(31)33-18-7-9-21-37(33)42(39)35-22-10-13-27-12-4-5-16-30(27)35/h1-26H. The van der Waals surface area contributed by atoms with Crippen LogP contribution in [0.25, 0.3) is 76.9 Å². The summed E-state index contributed by atoms with van der Waals surface area (Å²) in [6.45, 7) is 0. The molecule has 0 fully saturated rings. The Labute approximate surface area is 243 Å². The normalized spacial score (nSPS) is 11.8. The second kappa shape index (κ2) is 8.95. The van der Waals surface area contributed by atoms with E-state index in [2.05, 4.69) is 167 Å². The molecule has 0 saturated carbocycles. The lowest BCUT2D eigenvalue weighted by Gasteiger charge is -2.12. The van der Waals surface area contributed by atoms with Crippen LogP contribution in [-0.4, -0.2) is 9.13 Å². The summed E-state index contributed by atoms with van der Waals surface area (Å²) in [4.78, 5) is 0. The zero-order chi connectivity index (χ0) is 27.6. The molecule has 7 aromatic carbocycles. The summed E-state index contributed by atoms with van der Waals surface area (Å²) in [5.41, 5.74) is 9.74. The molecule has 0 bridgehead atoms. The van der Waals surface area contributed by atoms with E-state index in [4.69, 9.17) is 0 Å². The Kier molecular flexibility index (Phi) is 4.93. The van der Waals surface area contributed by atoms with E-state index in [0.717, 1.165) is 0 Å². The Balaban J connectivity index is 1.35. The molecule has 2 nitrogen and oxygen atoms in total. The van der Waals surface area contributed by atoms with Crippen molar-refractivity contribution in [1.82, 2.24) is 9.13 Å². The Bertz CT molecular complexity index is 2450. The number of para-hydroxylation sites is 3. The molecule has 0 saturated heterocycles. The third-order valence-electron chi connectivity index (χ3n) is 8.70. The predicted octanol–water partition coefficient (Wildman–Crippen LogP) is 10.7. The maximum absolute atomic E-state index is 2.44. The van der Waals surface area contributed by atoms with E-state index in [9.17, 15) is 0 Å². The van der Waals surface area contributed by atoms with Gasteiger partial charge in [-0.2, -0.15) is 0 Å².